The van der Waals surface area contributed by atoms with Crippen molar-refractivity contribution in [1.29, 1.82) is 0 Å². The molecule has 0 saturated heterocycles. The van der Waals surface area contributed by atoms with Crippen molar-refractivity contribution < 1.29 is 4.79 Å². The average molecular weight is 433 g/mol. The molecule has 0 radical (unpaired) electrons. The Morgan fingerprint density at radius 1 is 1.21 bits per heavy atom. The second-order valence-electron chi connectivity index (χ2n) is 7.56. The summed E-state index contributed by atoms with van der Waals surface area (Å²) in [6.07, 6.45) is 3.64. The molecule has 0 spiro atoms. The van der Waals surface area contributed by atoms with Gasteiger partial charge in [-0.15, -0.1) is 0 Å². The van der Waals surface area contributed by atoms with Crippen LogP contribution >= 0.6 is 23.2 Å². The number of pyridine rings is 1. The van der Waals surface area contributed by atoms with Crippen molar-refractivity contribution in [1.82, 2.24) is 19.4 Å². The normalized spacial score (nSPS) is 11.4. The quantitative estimate of drug-likeness (QED) is 0.449. The molecule has 7 heteroatoms. The molecule has 0 aliphatic rings. The van der Waals surface area contributed by atoms with Crippen LogP contribution in [0.1, 0.15) is 49.8 Å². The fourth-order valence-electron chi connectivity index (χ4n) is 3.23. The molecular weight excluding hydrogens is 407 g/mol. The number of hydrogen-bond acceptors (Lipinski definition) is 3. The maximum Gasteiger partial charge on any atom is 0.254 e. The zero-order valence-electron chi connectivity index (χ0n) is 17.0. The van der Waals surface area contributed by atoms with Gasteiger partial charge in [-0.1, -0.05) is 44.0 Å². The van der Waals surface area contributed by atoms with Crippen molar-refractivity contribution in [3.05, 3.63) is 58.0 Å². The smallest absolute Gasteiger partial charge is 0.254 e. The largest absolute Gasteiger partial charge is 0.331 e. The van der Waals surface area contributed by atoms with E-state index in [-0.39, 0.29) is 5.91 Å². The van der Waals surface area contributed by atoms with Crippen LogP contribution in [0.15, 0.2) is 36.5 Å². The molecule has 2 heterocycles. The van der Waals surface area contributed by atoms with Crippen LogP contribution in [0.3, 0.4) is 0 Å². The zero-order valence-corrected chi connectivity index (χ0v) is 18.5. The fraction of sp³-hybridized carbons (Fsp3) is 0.409. The number of halogens is 2. The standard InChI is InChI=1S/C22H26Cl2N4O/c1-4-11-28-20(26-19-6-5-10-25-21(19)28)14-27(12-9-15(2)3)22(29)16-7-8-17(23)18(24)13-16/h5-8,10,13,15H,4,9,11-12,14H2,1-3H3. The Balaban J connectivity index is 1.95. The number of amides is 1. The highest BCUT2D eigenvalue weighted by molar-refractivity contribution is 6.42. The van der Waals surface area contributed by atoms with E-state index in [1.165, 1.54) is 0 Å². The molecule has 0 atom stereocenters. The molecule has 3 aromatic rings. The molecule has 1 aromatic carbocycles. The SMILES string of the molecule is CCCn1c(CN(CCC(C)C)C(=O)c2ccc(Cl)c(Cl)c2)nc2cccnc21. The van der Waals surface area contributed by atoms with E-state index < -0.39 is 0 Å². The number of hydrogen-bond donors (Lipinski definition) is 0. The summed E-state index contributed by atoms with van der Waals surface area (Å²) in [7, 11) is 0. The van der Waals surface area contributed by atoms with Crippen LogP contribution in [0.5, 0.6) is 0 Å². The molecule has 0 aliphatic carbocycles. The molecule has 154 valence electrons. The van der Waals surface area contributed by atoms with E-state index in [0.29, 0.717) is 34.6 Å². The monoisotopic (exact) mass is 432 g/mol. The maximum absolute atomic E-state index is 13.3. The lowest BCUT2D eigenvalue weighted by Gasteiger charge is -2.24. The summed E-state index contributed by atoms with van der Waals surface area (Å²) in [6, 6.07) is 8.85. The fourth-order valence-corrected chi connectivity index (χ4v) is 3.53. The number of carbonyl (C=O) groups excluding carboxylic acids is 1. The Bertz CT molecular complexity index is 1000. The van der Waals surface area contributed by atoms with Gasteiger partial charge in [-0.25, -0.2) is 9.97 Å². The van der Waals surface area contributed by atoms with E-state index in [0.717, 1.165) is 36.4 Å². The van der Waals surface area contributed by atoms with Crippen LogP contribution in [0.25, 0.3) is 11.2 Å². The summed E-state index contributed by atoms with van der Waals surface area (Å²) in [5, 5.41) is 0.816. The van der Waals surface area contributed by atoms with Gasteiger partial charge in [0, 0.05) is 24.8 Å². The van der Waals surface area contributed by atoms with E-state index in [1.807, 2.05) is 17.0 Å². The summed E-state index contributed by atoms with van der Waals surface area (Å²) < 4.78 is 2.11. The molecule has 3 rings (SSSR count). The second-order valence-corrected chi connectivity index (χ2v) is 8.38. The first kappa shape index (κ1) is 21.6. The summed E-state index contributed by atoms with van der Waals surface area (Å²) in [4.78, 5) is 24.4. The molecule has 5 nitrogen and oxygen atoms in total. The van der Waals surface area contributed by atoms with Gasteiger partial charge in [-0.2, -0.15) is 0 Å². The van der Waals surface area contributed by atoms with E-state index in [9.17, 15) is 4.79 Å². The Hall–Kier alpha value is -2.11. The van der Waals surface area contributed by atoms with E-state index in [2.05, 4.69) is 30.3 Å². The summed E-state index contributed by atoms with van der Waals surface area (Å²) in [5.41, 5.74) is 2.23. The van der Waals surface area contributed by atoms with Crippen molar-refractivity contribution in [2.75, 3.05) is 6.54 Å². The Morgan fingerprint density at radius 3 is 2.69 bits per heavy atom. The lowest BCUT2D eigenvalue weighted by atomic mass is 10.1. The van der Waals surface area contributed by atoms with Gasteiger partial charge in [0.1, 0.15) is 11.3 Å². The minimum absolute atomic E-state index is 0.0766. The number of rotatable bonds is 8. The number of aryl methyl sites for hydroxylation is 1. The van der Waals surface area contributed by atoms with Crippen LogP contribution in [0.4, 0.5) is 0 Å². The highest BCUT2D eigenvalue weighted by Gasteiger charge is 2.21. The van der Waals surface area contributed by atoms with Crippen molar-refractivity contribution in [3.8, 4) is 0 Å². The molecular formula is C22H26Cl2N4O. The van der Waals surface area contributed by atoms with Gasteiger partial charge in [0.2, 0.25) is 0 Å². The van der Waals surface area contributed by atoms with Gasteiger partial charge in [-0.05, 0) is 49.1 Å². The van der Waals surface area contributed by atoms with Gasteiger partial charge >= 0.3 is 0 Å². The summed E-state index contributed by atoms with van der Waals surface area (Å²) in [5.74, 6) is 1.25. The third kappa shape index (κ3) is 5.09. The van der Waals surface area contributed by atoms with Gasteiger partial charge in [0.05, 0.1) is 16.6 Å². The molecule has 0 N–H and O–H groups in total. The minimum atomic E-state index is -0.0766. The molecule has 0 fully saturated rings. The predicted octanol–water partition coefficient (Wildman–Crippen LogP) is 5.84. The maximum atomic E-state index is 13.3. The molecule has 29 heavy (non-hydrogen) atoms. The Morgan fingerprint density at radius 2 is 2.00 bits per heavy atom. The van der Waals surface area contributed by atoms with Gasteiger partial charge in [0.25, 0.3) is 5.91 Å². The third-order valence-corrected chi connectivity index (χ3v) is 5.53. The molecule has 2 aromatic heterocycles. The number of carbonyl (C=O) groups is 1. The predicted molar refractivity (Wildman–Crippen MR) is 118 cm³/mol. The molecule has 0 bridgehead atoms. The van der Waals surface area contributed by atoms with Crippen LogP contribution < -0.4 is 0 Å². The molecule has 1 amide bonds. The minimum Gasteiger partial charge on any atom is -0.331 e. The van der Waals surface area contributed by atoms with Gasteiger partial charge in [0.15, 0.2) is 5.65 Å². The van der Waals surface area contributed by atoms with Gasteiger partial charge < -0.3 is 9.47 Å². The highest BCUT2D eigenvalue weighted by Crippen LogP contribution is 2.24. The molecule has 0 unspecified atom stereocenters. The topological polar surface area (TPSA) is 51.0 Å². The summed E-state index contributed by atoms with van der Waals surface area (Å²) >= 11 is 12.2. The van der Waals surface area contributed by atoms with E-state index >= 15 is 0 Å². The van der Waals surface area contributed by atoms with Crippen LogP contribution in [-0.4, -0.2) is 31.9 Å². The van der Waals surface area contributed by atoms with Crippen molar-refractivity contribution >= 4 is 40.3 Å². The number of imidazole rings is 1. The molecule has 0 aliphatic heterocycles. The number of nitrogens with zero attached hydrogens (tertiary/aromatic N) is 4. The number of benzene rings is 1. The molecule has 0 saturated carbocycles. The van der Waals surface area contributed by atoms with Crippen molar-refractivity contribution in [3.63, 3.8) is 0 Å². The van der Waals surface area contributed by atoms with E-state index in [1.54, 1.807) is 24.4 Å². The second kappa shape index (κ2) is 9.59. The van der Waals surface area contributed by atoms with Crippen molar-refractivity contribution in [2.24, 2.45) is 5.92 Å². The lowest BCUT2D eigenvalue weighted by Crippen LogP contribution is -2.33. The zero-order chi connectivity index (χ0) is 21.0. The average Bonchev–Trinajstić information content (AvgIpc) is 3.04. The lowest BCUT2D eigenvalue weighted by molar-refractivity contribution is 0.0729. The Kier molecular flexibility index (Phi) is 7.14. The number of fused-ring (bicyclic) bond motifs is 1. The van der Waals surface area contributed by atoms with Crippen LogP contribution in [0.2, 0.25) is 10.0 Å². The third-order valence-electron chi connectivity index (χ3n) is 4.79. The Labute approximate surface area is 181 Å². The summed E-state index contributed by atoms with van der Waals surface area (Å²) in [6.45, 7) is 8.29. The van der Waals surface area contributed by atoms with Crippen molar-refractivity contribution in [2.45, 2.75) is 46.7 Å². The van der Waals surface area contributed by atoms with E-state index in [4.69, 9.17) is 28.2 Å². The van der Waals surface area contributed by atoms with Gasteiger partial charge in [-0.3, -0.25) is 4.79 Å². The van der Waals surface area contributed by atoms with Crippen LogP contribution in [0, 0.1) is 5.92 Å². The number of aromatic nitrogens is 3. The first-order valence-electron chi connectivity index (χ1n) is 9.95. The first-order valence-corrected chi connectivity index (χ1v) is 10.7. The first-order chi connectivity index (χ1) is 13.9. The van der Waals surface area contributed by atoms with Crippen LogP contribution in [-0.2, 0) is 13.1 Å². The highest BCUT2D eigenvalue weighted by atomic mass is 35.5.